The number of anilines is 1. The third kappa shape index (κ3) is 2.58. The summed E-state index contributed by atoms with van der Waals surface area (Å²) in [5.74, 6) is 0.302. The third-order valence-electron chi connectivity index (χ3n) is 3.08. The van der Waals surface area contributed by atoms with E-state index in [1.807, 2.05) is 13.0 Å². The molecule has 0 radical (unpaired) electrons. The van der Waals surface area contributed by atoms with E-state index in [0.717, 1.165) is 4.47 Å². The van der Waals surface area contributed by atoms with Gasteiger partial charge in [-0.05, 0) is 24.6 Å². The fourth-order valence-corrected chi connectivity index (χ4v) is 2.53. The molecule has 19 heavy (non-hydrogen) atoms. The van der Waals surface area contributed by atoms with Crippen LogP contribution in [0.1, 0.15) is 13.3 Å². The van der Waals surface area contributed by atoms with E-state index in [0.29, 0.717) is 17.9 Å². The van der Waals surface area contributed by atoms with Gasteiger partial charge < -0.3 is 10.1 Å². The molecule has 5 nitrogen and oxygen atoms in total. The number of ether oxygens (including phenoxy) is 1. The van der Waals surface area contributed by atoms with Crippen molar-refractivity contribution in [2.45, 2.75) is 19.4 Å². The molecular formula is C13H15BrN2O3. The highest BCUT2D eigenvalue weighted by atomic mass is 79.9. The van der Waals surface area contributed by atoms with Crippen LogP contribution < -0.4 is 15.0 Å². The molecule has 0 spiro atoms. The van der Waals surface area contributed by atoms with Gasteiger partial charge in [0.1, 0.15) is 11.8 Å². The topological polar surface area (TPSA) is 58.6 Å². The first-order valence-corrected chi connectivity index (χ1v) is 6.81. The van der Waals surface area contributed by atoms with Crippen molar-refractivity contribution < 1.29 is 14.3 Å². The van der Waals surface area contributed by atoms with E-state index >= 15 is 0 Å². The predicted octanol–water partition coefficient (Wildman–Crippen LogP) is 1.70. The summed E-state index contributed by atoms with van der Waals surface area (Å²) >= 11 is 3.37. The Kier molecular flexibility index (Phi) is 4.09. The van der Waals surface area contributed by atoms with Gasteiger partial charge in [-0.15, -0.1) is 0 Å². The highest BCUT2D eigenvalue weighted by Gasteiger charge is 2.35. The van der Waals surface area contributed by atoms with Crippen LogP contribution in [0.25, 0.3) is 0 Å². The molecule has 1 aliphatic heterocycles. The van der Waals surface area contributed by atoms with E-state index < -0.39 is 6.04 Å². The van der Waals surface area contributed by atoms with Crippen LogP contribution in [0, 0.1) is 0 Å². The molecule has 102 valence electrons. The predicted molar refractivity (Wildman–Crippen MR) is 75.3 cm³/mol. The molecule has 0 saturated carbocycles. The number of hydrogen-bond acceptors (Lipinski definition) is 3. The zero-order valence-electron chi connectivity index (χ0n) is 10.8. The zero-order valence-corrected chi connectivity index (χ0v) is 12.4. The molecule has 1 aliphatic rings. The molecule has 0 aliphatic carbocycles. The van der Waals surface area contributed by atoms with Gasteiger partial charge in [-0.1, -0.05) is 22.9 Å². The Balaban J connectivity index is 2.50. The van der Waals surface area contributed by atoms with Gasteiger partial charge in [-0.25, -0.2) is 0 Å². The largest absolute Gasteiger partial charge is 0.495 e. The van der Waals surface area contributed by atoms with Gasteiger partial charge in [-0.2, -0.15) is 0 Å². The quantitative estimate of drug-likeness (QED) is 0.919. The first kappa shape index (κ1) is 13.9. The summed E-state index contributed by atoms with van der Waals surface area (Å²) in [6.45, 7) is 1.89. The Labute approximate surface area is 120 Å². The maximum Gasteiger partial charge on any atom is 0.247 e. The zero-order chi connectivity index (χ0) is 14.0. The molecule has 1 atom stereocenters. The van der Waals surface area contributed by atoms with Crippen molar-refractivity contribution in [2.24, 2.45) is 0 Å². The fourth-order valence-electron chi connectivity index (χ4n) is 2.18. The summed E-state index contributed by atoms with van der Waals surface area (Å²) in [5.41, 5.74) is 0.614. The summed E-state index contributed by atoms with van der Waals surface area (Å²) in [6.07, 6.45) is 0.549. The lowest BCUT2D eigenvalue weighted by atomic mass is 10.1. The van der Waals surface area contributed by atoms with E-state index in [1.54, 1.807) is 19.2 Å². The molecular weight excluding hydrogens is 312 g/mol. The average Bonchev–Trinajstić information content (AvgIpc) is 2.41. The number of methoxy groups -OCH3 is 1. The molecule has 2 amide bonds. The maximum atomic E-state index is 12.1. The first-order valence-electron chi connectivity index (χ1n) is 6.01. The van der Waals surface area contributed by atoms with Crippen LogP contribution in [0.3, 0.4) is 0 Å². The number of carbonyl (C=O) groups is 2. The molecule has 1 N–H and O–H groups in total. The SMILES string of the molecule is CCC1C(=O)NCC(=O)N1c1cc(Br)ccc1OC. The van der Waals surface area contributed by atoms with Crippen molar-refractivity contribution >= 4 is 33.4 Å². The van der Waals surface area contributed by atoms with Crippen molar-refractivity contribution in [3.05, 3.63) is 22.7 Å². The third-order valence-corrected chi connectivity index (χ3v) is 3.58. The summed E-state index contributed by atoms with van der Waals surface area (Å²) < 4.78 is 6.11. The van der Waals surface area contributed by atoms with E-state index in [2.05, 4.69) is 21.2 Å². The first-order chi connectivity index (χ1) is 9.08. The van der Waals surface area contributed by atoms with Crippen LogP contribution in [0.15, 0.2) is 22.7 Å². The second-order valence-corrected chi connectivity index (χ2v) is 5.14. The van der Waals surface area contributed by atoms with Crippen LogP contribution in [0.5, 0.6) is 5.75 Å². The van der Waals surface area contributed by atoms with E-state index in [1.165, 1.54) is 4.90 Å². The molecule has 0 bridgehead atoms. The second-order valence-electron chi connectivity index (χ2n) is 4.22. The maximum absolute atomic E-state index is 12.1. The lowest BCUT2D eigenvalue weighted by molar-refractivity contribution is -0.131. The minimum atomic E-state index is -0.496. The summed E-state index contributed by atoms with van der Waals surface area (Å²) in [4.78, 5) is 25.5. The van der Waals surface area contributed by atoms with E-state index in [9.17, 15) is 9.59 Å². The fraction of sp³-hybridized carbons (Fsp3) is 0.385. The molecule has 1 aromatic rings. The molecule has 2 rings (SSSR count). The Bertz CT molecular complexity index is 519. The number of nitrogens with zero attached hydrogens (tertiary/aromatic N) is 1. The van der Waals surface area contributed by atoms with E-state index in [4.69, 9.17) is 4.74 Å². The summed E-state index contributed by atoms with van der Waals surface area (Å²) in [5, 5.41) is 2.60. The van der Waals surface area contributed by atoms with Crippen molar-refractivity contribution in [1.82, 2.24) is 5.32 Å². The molecule has 1 fully saturated rings. The van der Waals surface area contributed by atoms with Gasteiger partial charge in [0, 0.05) is 4.47 Å². The Morgan fingerprint density at radius 2 is 2.21 bits per heavy atom. The lowest BCUT2D eigenvalue weighted by Crippen LogP contribution is -2.58. The molecule has 1 unspecified atom stereocenters. The molecule has 0 aromatic heterocycles. The number of amides is 2. The van der Waals surface area contributed by atoms with Crippen molar-refractivity contribution in [3.8, 4) is 5.75 Å². The highest BCUT2D eigenvalue weighted by molar-refractivity contribution is 9.10. The number of rotatable bonds is 3. The number of nitrogens with one attached hydrogen (secondary N) is 1. The van der Waals surface area contributed by atoms with Crippen LogP contribution >= 0.6 is 15.9 Å². The summed E-state index contributed by atoms with van der Waals surface area (Å²) in [7, 11) is 1.54. The number of hydrogen-bond donors (Lipinski definition) is 1. The minimum absolute atomic E-state index is 0.0189. The van der Waals surface area contributed by atoms with Gasteiger partial charge in [0.25, 0.3) is 0 Å². The second kappa shape index (κ2) is 5.61. The van der Waals surface area contributed by atoms with Gasteiger partial charge in [-0.3, -0.25) is 14.5 Å². The van der Waals surface area contributed by atoms with Gasteiger partial charge >= 0.3 is 0 Å². The smallest absolute Gasteiger partial charge is 0.247 e. The molecule has 6 heteroatoms. The van der Waals surface area contributed by atoms with Crippen molar-refractivity contribution in [3.63, 3.8) is 0 Å². The standard InChI is InChI=1S/C13H15BrN2O3/c1-3-9-13(18)15-7-12(17)16(9)10-6-8(14)4-5-11(10)19-2/h4-6,9H,3,7H2,1-2H3,(H,15,18). The average molecular weight is 327 g/mol. The molecule has 1 aromatic carbocycles. The van der Waals surface area contributed by atoms with E-state index in [-0.39, 0.29) is 18.4 Å². The number of carbonyl (C=O) groups excluding carboxylic acids is 2. The van der Waals surface area contributed by atoms with Crippen molar-refractivity contribution in [2.75, 3.05) is 18.6 Å². The normalized spacial score (nSPS) is 19.3. The number of halogens is 1. The van der Waals surface area contributed by atoms with Crippen LogP contribution in [-0.4, -0.2) is 31.5 Å². The monoisotopic (exact) mass is 326 g/mol. The molecule has 1 heterocycles. The minimum Gasteiger partial charge on any atom is -0.495 e. The molecule has 1 saturated heterocycles. The Morgan fingerprint density at radius 3 is 2.84 bits per heavy atom. The lowest BCUT2D eigenvalue weighted by Gasteiger charge is -2.35. The number of benzene rings is 1. The van der Waals surface area contributed by atoms with Gasteiger partial charge in [0.2, 0.25) is 11.8 Å². The summed E-state index contributed by atoms with van der Waals surface area (Å²) in [6, 6.07) is 4.89. The van der Waals surface area contributed by atoms with Crippen molar-refractivity contribution in [1.29, 1.82) is 0 Å². The Hall–Kier alpha value is -1.56. The number of piperazine rings is 1. The highest BCUT2D eigenvalue weighted by Crippen LogP contribution is 2.34. The van der Waals surface area contributed by atoms with Gasteiger partial charge in [0.15, 0.2) is 0 Å². The Morgan fingerprint density at radius 1 is 1.47 bits per heavy atom. The van der Waals surface area contributed by atoms with Crippen LogP contribution in [0.2, 0.25) is 0 Å². The van der Waals surface area contributed by atoms with Crippen LogP contribution in [-0.2, 0) is 9.59 Å². The van der Waals surface area contributed by atoms with Crippen LogP contribution in [0.4, 0.5) is 5.69 Å². The van der Waals surface area contributed by atoms with Gasteiger partial charge in [0.05, 0.1) is 19.3 Å².